The highest BCUT2D eigenvalue weighted by Crippen LogP contribution is 2.29. The Hall–Kier alpha value is -1.89. The third kappa shape index (κ3) is 3.49. The summed E-state index contributed by atoms with van der Waals surface area (Å²) in [7, 11) is 0. The number of anilines is 1. The van der Waals surface area contributed by atoms with Crippen molar-refractivity contribution >= 4 is 22.4 Å². The highest BCUT2D eigenvalue weighted by atomic mass is 32.1. The fourth-order valence-corrected chi connectivity index (χ4v) is 5.14. The normalized spacial score (nSPS) is 19.2. The number of hydrogen-bond acceptors (Lipinski definition) is 5. The minimum absolute atomic E-state index is 0.146. The summed E-state index contributed by atoms with van der Waals surface area (Å²) in [5.74, 6) is 0.404. The second-order valence-corrected chi connectivity index (χ2v) is 8.50. The summed E-state index contributed by atoms with van der Waals surface area (Å²) >= 11 is 1.63. The van der Waals surface area contributed by atoms with Gasteiger partial charge in [0.1, 0.15) is 0 Å². The molecule has 7 heteroatoms. The van der Waals surface area contributed by atoms with E-state index in [1.54, 1.807) is 11.3 Å². The van der Waals surface area contributed by atoms with E-state index in [0.717, 1.165) is 49.0 Å². The quantitative estimate of drug-likeness (QED) is 0.894. The van der Waals surface area contributed by atoms with Crippen molar-refractivity contribution in [3.8, 4) is 5.13 Å². The van der Waals surface area contributed by atoms with E-state index in [9.17, 15) is 4.79 Å². The van der Waals surface area contributed by atoms with E-state index in [1.807, 2.05) is 0 Å². The molecular weight excluding hydrogens is 346 g/mol. The first-order valence-corrected chi connectivity index (χ1v) is 10.5. The van der Waals surface area contributed by atoms with Gasteiger partial charge in [0.15, 0.2) is 0 Å². The highest BCUT2D eigenvalue weighted by Gasteiger charge is 2.28. The summed E-state index contributed by atoms with van der Waals surface area (Å²) in [4.78, 5) is 14.7. The molecule has 2 fully saturated rings. The van der Waals surface area contributed by atoms with Gasteiger partial charge in [-0.25, -0.2) is 0 Å². The summed E-state index contributed by atoms with van der Waals surface area (Å²) in [6, 6.07) is 4.62. The minimum Gasteiger partial charge on any atom is -0.353 e. The molecule has 3 heterocycles. The first-order chi connectivity index (χ1) is 12.6. The number of aryl methyl sites for hydroxylation is 2. The zero-order valence-electron chi connectivity index (χ0n) is 15.6. The van der Waals surface area contributed by atoms with Crippen LogP contribution in [0.4, 0.5) is 5.13 Å². The molecule has 4 rings (SSSR count). The summed E-state index contributed by atoms with van der Waals surface area (Å²) in [5, 5.41) is 13.9. The van der Waals surface area contributed by atoms with Crippen molar-refractivity contribution in [3.63, 3.8) is 0 Å². The molecule has 26 heavy (non-hydrogen) atoms. The SMILES string of the molecule is Cc1ccc(C)n1-c1nnc(N2CCC(C(=O)NC3CCCC3)CC2)s1. The average molecular weight is 374 g/mol. The molecule has 0 atom stereocenters. The van der Waals surface area contributed by atoms with Crippen molar-refractivity contribution < 1.29 is 4.79 Å². The Balaban J connectivity index is 1.35. The lowest BCUT2D eigenvalue weighted by molar-refractivity contribution is -0.126. The summed E-state index contributed by atoms with van der Waals surface area (Å²) in [6.45, 7) is 5.92. The molecule has 1 aliphatic heterocycles. The lowest BCUT2D eigenvalue weighted by Crippen LogP contribution is -2.43. The van der Waals surface area contributed by atoms with Crippen LogP contribution in [0.3, 0.4) is 0 Å². The van der Waals surface area contributed by atoms with Gasteiger partial charge in [0.2, 0.25) is 16.2 Å². The summed E-state index contributed by atoms with van der Waals surface area (Å²) in [6.07, 6.45) is 6.60. The van der Waals surface area contributed by atoms with E-state index in [2.05, 4.69) is 51.0 Å². The van der Waals surface area contributed by atoms with Crippen LogP contribution in [-0.2, 0) is 4.79 Å². The number of carbonyl (C=O) groups excluding carboxylic acids is 1. The molecule has 0 aromatic carbocycles. The molecule has 1 aliphatic carbocycles. The fourth-order valence-electron chi connectivity index (χ4n) is 4.12. The Labute approximate surface area is 158 Å². The van der Waals surface area contributed by atoms with Gasteiger partial charge in [-0.3, -0.25) is 9.36 Å². The van der Waals surface area contributed by atoms with Crippen LogP contribution in [0.15, 0.2) is 12.1 Å². The maximum Gasteiger partial charge on any atom is 0.223 e. The number of aromatic nitrogens is 3. The van der Waals surface area contributed by atoms with Crippen LogP contribution < -0.4 is 10.2 Å². The van der Waals surface area contributed by atoms with Gasteiger partial charge in [0, 0.05) is 36.4 Å². The van der Waals surface area contributed by atoms with Crippen molar-refractivity contribution in [2.75, 3.05) is 18.0 Å². The van der Waals surface area contributed by atoms with Gasteiger partial charge in [-0.1, -0.05) is 24.2 Å². The van der Waals surface area contributed by atoms with E-state index < -0.39 is 0 Å². The molecule has 0 radical (unpaired) electrons. The van der Waals surface area contributed by atoms with Crippen LogP contribution in [0.25, 0.3) is 5.13 Å². The topological polar surface area (TPSA) is 63.1 Å². The van der Waals surface area contributed by atoms with Crippen molar-refractivity contribution in [1.29, 1.82) is 0 Å². The summed E-state index contributed by atoms with van der Waals surface area (Å²) < 4.78 is 2.14. The second kappa shape index (κ2) is 7.39. The Kier molecular flexibility index (Phi) is 4.98. The van der Waals surface area contributed by atoms with Crippen LogP contribution in [0.1, 0.15) is 49.9 Å². The Bertz CT molecular complexity index is 749. The van der Waals surface area contributed by atoms with Crippen LogP contribution >= 0.6 is 11.3 Å². The van der Waals surface area contributed by atoms with Crippen LogP contribution in [-0.4, -0.2) is 39.8 Å². The zero-order valence-corrected chi connectivity index (χ0v) is 16.4. The number of hydrogen-bond donors (Lipinski definition) is 1. The Morgan fingerprint density at radius 2 is 1.65 bits per heavy atom. The third-order valence-corrected chi connectivity index (χ3v) is 6.67. The number of piperidine rings is 1. The molecule has 0 spiro atoms. The number of carbonyl (C=O) groups is 1. The monoisotopic (exact) mass is 373 g/mol. The van der Waals surface area contributed by atoms with Gasteiger partial charge in [-0.05, 0) is 51.7 Å². The predicted molar refractivity (Wildman–Crippen MR) is 104 cm³/mol. The van der Waals surface area contributed by atoms with E-state index >= 15 is 0 Å². The maximum absolute atomic E-state index is 12.5. The van der Waals surface area contributed by atoms with Crippen molar-refractivity contribution in [3.05, 3.63) is 23.5 Å². The van der Waals surface area contributed by atoms with Gasteiger partial charge in [0.05, 0.1) is 0 Å². The standard InChI is InChI=1S/C19H27N5OS/c1-13-7-8-14(2)24(13)19-22-21-18(26-19)23-11-9-15(10-12-23)17(25)20-16-5-3-4-6-16/h7-8,15-16H,3-6,9-12H2,1-2H3,(H,20,25). The first-order valence-electron chi connectivity index (χ1n) is 9.66. The van der Waals surface area contributed by atoms with Crippen molar-refractivity contribution in [1.82, 2.24) is 20.1 Å². The van der Waals surface area contributed by atoms with Gasteiger partial charge in [0.25, 0.3) is 0 Å². The fraction of sp³-hybridized carbons (Fsp3) is 0.632. The Morgan fingerprint density at radius 3 is 2.31 bits per heavy atom. The van der Waals surface area contributed by atoms with Gasteiger partial charge in [-0.2, -0.15) is 0 Å². The van der Waals surface area contributed by atoms with E-state index in [4.69, 9.17) is 0 Å². The van der Waals surface area contributed by atoms with E-state index in [1.165, 1.54) is 24.2 Å². The molecule has 2 aromatic rings. The molecule has 1 saturated heterocycles. The smallest absolute Gasteiger partial charge is 0.223 e. The third-order valence-electron chi connectivity index (χ3n) is 5.70. The molecule has 0 bridgehead atoms. The van der Waals surface area contributed by atoms with E-state index in [0.29, 0.717) is 6.04 Å². The lowest BCUT2D eigenvalue weighted by Gasteiger charge is -2.31. The average Bonchev–Trinajstić information content (AvgIpc) is 3.37. The van der Waals surface area contributed by atoms with Crippen LogP contribution in [0.5, 0.6) is 0 Å². The minimum atomic E-state index is 0.146. The molecule has 1 N–H and O–H groups in total. The zero-order chi connectivity index (χ0) is 18.1. The Morgan fingerprint density at radius 1 is 1.04 bits per heavy atom. The van der Waals surface area contributed by atoms with Gasteiger partial charge < -0.3 is 10.2 Å². The maximum atomic E-state index is 12.5. The molecule has 1 amide bonds. The van der Waals surface area contributed by atoms with Crippen LogP contribution in [0.2, 0.25) is 0 Å². The number of nitrogens with one attached hydrogen (secondary N) is 1. The largest absolute Gasteiger partial charge is 0.353 e. The molecule has 2 aliphatic rings. The van der Waals surface area contributed by atoms with Gasteiger partial charge >= 0.3 is 0 Å². The number of nitrogens with zero attached hydrogens (tertiary/aromatic N) is 4. The highest BCUT2D eigenvalue weighted by molar-refractivity contribution is 7.17. The van der Waals surface area contributed by atoms with Gasteiger partial charge in [-0.15, -0.1) is 10.2 Å². The molecule has 2 aromatic heterocycles. The molecule has 140 valence electrons. The van der Waals surface area contributed by atoms with Crippen molar-refractivity contribution in [2.24, 2.45) is 5.92 Å². The second-order valence-electron chi connectivity index (χ2n) is 7.57. The molecule has 1 saturated carbocycles. The number of rotatable bonds is 4. The number of amides is 1. The molecule has 0 unspecified atom stereocenters. The summed E-state index contributed by atoms with van der Waals surface area (Å²) in [5.41, 5.74) is 2.35. The van der Waals surface area contributed by atoms with Crippen LogP contribution in [0, 0.1) is 19.8 Å². The molecule has 6 nitrogen and oxygen atoms in total. The lowest BCUT2D eigenvalue weighted by atomic mass is 9.96. The van der Waals surface area contributed by atoms with Crippen molar-refractivity contribution in [2.45, 2.75) is 58.4 Å². The van der Waals surface area contributed by atoms with E-state index in [-0.39, 0.29) is 11.8 Å². The molecular formula is C19H27N5OS. The predicted octanol–water partition coefficient (Wildman–Crippen LogP) is 3.22. The first kappa shape index (κ1) is 17.5.